The molecule has 1 atom stereocenters. The summed E-state index contributed by atoms with van der Waals surface area (Å²) < 4.78 is 3.64. The van der Waals surface area contributed by atoms with Crippen LogP contribution in [0.1, 0.15) is 26.2 Å². The summed E-state index contributed by atoms with van der Waals surface area (Å²) in [5.74, 6) is -1.33. The van der Waals surface area contributed by atoms with Gasteiger partial charge in [0.1, 0.15) is 4.88 Å². The zero-order valence-corrected chi connectivity index (χ0v) is 11.3. The fourth-order valence-corrected chi connectivity index (χ4v) is 3.58. The summed E-state index contributed by atoms with van der Waals surface area (Å²) in [5, 5.41) is 14.9. The standard InChI is InChI=1S/C11H9N3O3S2/c15-10(8-5-12-13-19-8)14-3-1-7-6(2-4-18-7)9(14)11(16)17/h2,4-5,9H,1,3H2,(H,16,17). The van der Waals surface area contributed by atoms with Crippen LogP contribution < -0.4 is 0 Å². The van der Waals surface area contributed by atoms with Crippen molar-refractivity contribution >= 4 is 34.7 Å². The summed E-state index contributed by atoms with van der Waals surface area (Å²) in [4.78, 5) is 26.6. The maximum atomic E-state index is 12.3. The number of amides is 1. The molecule has 3 heterocycles. The van der Waals surface area contributed by atoms with Gasteiger partial charge in [0.05, 0.1) is 6.20 Å². The molecule has 8 heteroatoms. The van der Waals surface area contributed by atoms with Gasteiger partial charge in [-0.15, -0.1) is 16.4 Å². The molecular weight excluding hydrogens is 286 g/mol. The smallest absolute Gasteiger partial charge is 0.331 e. The Morgan fingerprint density at radius 3 is 3.00 bits per heavy atom. The lowest BCUT2D eigenvalue weighted by atomic mass is 10.00. The summed E-state index contributed by atoms with van der Waals surface area (Å²) in [6.07, 6.45) is 2.06. The molecule has 1 amide bonds. The number of rotatable bonds is 2. The van der Waals surface area contributed by atoms with Crippen molar-refractivity contribution in [2.75, 3.05) is 6.54 Å². The number of hydrogen-bond acceptors (Lipinski definition) is 6. The Morgan fingerprint density at radius 1 is 1.47 bits per heavy atom. The molecule has 0 radical (unpaired) electrons. The van der Waals surface area contributed by atoms with Gasteiger partial charge in [0.15, 0.2) is 6.04 Å². The van der Waals surface area contributed by atoms with Gasteiger partial charge in [0.25, 0.3) is 5.91 Å². The normalized spacial score (nSPS) is 18.1. The quantitative estimate of drug-likeness (QED) is 0.906. The van der Waals surface area contributed by atoms with Crippen molar-refractivity contribution in [3.8, 4) is 0 Å². The number of aliphatic carboxylic acids is 1. The number of nitrogens with zero attached hydrogens (tertiary/aromatic N) is 3. The molecule has 2 aromatic rings. The SMILES string of the molecule is O=C(O)C1c2ccsc2CCN1C(=O)c1cnns1. The fourth-order valence-electron chi connectivity index (χ4n) is 2.20. The molecule has 0 bridgehead atoms. The Hall–Kier alpha value is -1.80. The molecule has 0 saturated carbocycles. The van der Waals surface area contributed by atoms with Crippen LogP contribution in [0.5, 0.6) is 0 Å². The first-order chi connectivity index (χ1) is 9.18. The molecule has 1 aliphatic rings. The first kappa shape index (κ1) is 12.2. The minimum Gasteiger partial charge on any atom is -0.479 e. The van der Waals surface area contributed by atoms with Crippen LogP contribution in [0, 0.1) is 0 Å². The Bertz CT molecular complexity index is 623. The molecule has 0 aromatic carbocycles. The molecule has 1 unspecified atom stereocenters. The zero-order chi connectivity index (χ0) is 13.4. The Kier molecular flexibility index (Phi) is 3.03. The fraction of sp³-hybridized carbons (Fsp3) is 0.273. The summed E-state index contributed by atoms with van der Waals surface area (Å²) >= 11 is 2.51. The van der Waals surface area contributed by atoms with Crippen LogP contribution in [0.2, 0.25) is 0 Å². The minimum atomic E-state index is -1.01. The average Bonchev–Trinajstić information content (AvgIpc) is 3.06. The highest BCUT2D eigenvalue weighted by Gasteiger charge is 2.37. The van der Waals surface area contributed by atoms with Crippen LogP contribution >= 0.6 is 22.9 Å². The monoisotopic (exact) mass is 295 g/mol. The molecule has 0 spiro atoms. The number of aromatic nitrogens is 2. The van der Waals surface area contributed by atoms with Crippen LogP contribution in [-0.2, 0) is 11.2 Å². The third-order valence-corrected chi connectivity index (χ3v) is 4.68. The van der Waals surface area contributed by atoms with E-state index in [4.69, 9.17) is 0 Å². The van der Waals surface area contributed by atoms with Crippen molar-refractivity contribution in [2.45, 2.75) is 12.5 Å². The highest BCUT2D eigenvalue weighted by molar-refractivity contribution is 7.10. The third-order valence-electron chi connectivity index (χ3n) is 3.03. The van der Waals surface area contributed by atoms with Gasteiger partial charge >= 0.3 is 5.97 Å². The average molecular weight is 295 g/mol. The van der Waals surface area contributed by atoms with E-state index in [0.717, 1.165) is 22.0 Å². The van der Waals surface area contributed by atoms with Crippen LogP contribution in [0.25, 0.3) is 0 Å². The van der Waals surface area contributed by atoms with E-state index in [9.17, 15) is 14.7 Å². The highest BCUT2D eigenvalue weighted by atomic mass is 32.1. The second-order valence-electron chi connectivity index (χ2n) is 4.07. The van der Waals surface area contributed by atoms with Gasteiger partial charge in [-0.3, -0.25) is 4.79 Å². The largest absolute Gasteiger partial charge is 0.479 e. The van der Waals surface area contributed by atoms with Crippen molar-refractivity contribution in [1.82, 2.24) is 14.5 Å². The van der Waals surface area contributed by atoms with Crippen molar-refractivity contribution in [2.24, 2.45) is 0 Å². The van der Waals surface area contributed by atoms with Crippen molar-refractivity contribution in [3.05, 3.63) is 33.0 Å². The molecule has 3 rings (SSSR count). The number of hydrogen-bond donors (Lipinski definition) is 1. The van der Waals surface area contributed by atoms with Crippen molar-refractivity contribution in [1.29, 1.82) is 0 Å². The van der Waals surface area contributed by atoms with E-state index in [0.29, 0.717) is 17.8 Å². The van der Waals surface area contributed by atoms with Gasteiger partial charge in [0, 0.05) is 11.4 Å². The van der Waals surface area contributed by atoms with E-state index in [2.05, 4.69) is 9.59 Å². The number of carbonyl (C=O) groups is 2. The maximum absolute atomic E-state index is 12.3. The number of carboxylic acids is 1. The van der Waals surface area contributed by atoms with Crippen molar-refractivity contribution < 1.29 is 14.7 Å². The second kappa shape index (κ2) is 4.71. The van der Waals surface area contributed by atoms with Crippen LogP contribution in [-0.4, -0.2) is 38.0 Å². The molecule has 19 heavy (non-hydrogen) atoms. The van der Waals surface area contributed by atoms with Gasteiger partial charge in [-0.05, 0) is 35.0 Å². The number of carboxylic acid groups (broad SMARTS) is 1. The van der Waals surface area contributed by atoms with E-state index in [1.807, 2.05) is 5.38 Å². The first-order valence-electron chi connectivity index (χ1n) is 5.56. The molecule has 1 N–H and O–H groups in total. The zero-order valence-electron chi connectivity index (χ0n) is 9.65. The Morgan fingerprint density at radius 2 is 2.32 bits per heavy atom. The highest BCUT2D eigenvalue weighted by Crippen LogP contribution is 2.34. The summed E-state index contributed by atoms with van der Waals surface area (Å²) in [6.45, 7) is 0.404. The van der Waals surface area contributed by atoms with Crippen LogP contribution in [0.15, 0.2) is 17.6 Å². The molecular formula is C11H9N3O3S2. The Labute approximate surface area is 116 Å². The van der Waals surface area contributed by atoms with E-state index in [-0.39, 0.29) is 5.91 Å². The summed E-state index contributed by atoms with van der Waals surface area (Å²) in [7, 11) is 0. The molecule has 2 aromatic heterocycles. The maximum Gasteiger partial charge on any atom is 0.331 e. The van der Waals surface area contributed by atoms with Crippen LogP contribution in [0.4, 0.5) is 0 Å². The summed E-state index contributed by atoms with van der Waals surface area (Å²) in [5.41, 5.74) is 0.717. The third kappa shape index (κ3) is 2.02. The van der Waals surface area contributed by atoms with E-state index < -0.39 is 12.0 Å². The van der Waals surface area contributed by atoms with Gasteiger partial charge in [-0.2, -0.15) is 0 Å². The molecule has 0 fully saturated rings. The van der Waals surface area contributed by atoms with E-state index >= 15 is 0 Å². The molecule has 6 nitrogen and oxygen atoms in total. The lowest BCUT2D eigenvalue weighted by Gasteiger charge is -2.32. The number of fused-ring (bicyclic) bond motifs is 1. The Balaban J connectivity index is 1.98. The van der Waals surface area contributed by atoms with E-state index in [1.54, 1.807) is 6.07 Å². The topological polar surface area (TPSA) is 83.4 Å². The van der Waals surface area contributed by atoms with E-state index in [1.165, 1.54) is 22.4 Å². The minimum absolute atomic E-state index is 0.320. The van der Waals surface area contributed by atoms with Crippen LogP contribution in [0.3, 0.4) is 0 Å². The number of carbonyl (C=O) groups excluding carboxylic acids is 1. The lowest BCUT2D eigenvalue weighted by molar-refractivity contribution is -0.142. The first-order valence-corrected chi connectivity index (χ1v) is 7.21. The van der Waals surface area contributed by atoms with Gasteiger partial charge < -0.3 is 10.0 Å². The molecule has 0 aliphatic carbocycles. The summed E-state index contributed by atoms with van der Waals surface area (Å²) in [6, 6.07) is 0.868. The lowest BCUT2D eigenvalue weighted by Crippen LogP contribution is -2.42. The molecule has 0 saturated heterocycles. The molecule has 1 aliphatic heterocycles. The number of thiophene rings is 1. The van der Waals surface area contributed by atoms with Gasteiger partial charge in [0.2, 0.25) is 0 Å². The van der Waals surface area contributed by atoms with Gasteiger partial charge in [-0.25, -0.2) is 4.79 Å². The predicted octanol–water partition coefficient (Wildman–Crippen LogP) is 1.42. The van der Waals surface area contributed by atoms with Gasteiger partial charge in [-0.1, -0.05) is 4.49 Å². The predicted molar refractivity (Wildman–Crippen MR) is 69.3 cm³/mol. The second-order valence-corrected chi connectivity index (χ2v) is 5.86. The van der Waals surface area contributed by atoms with Crippen molar-refractivity contribution in [3.63, 3.8) is 0 Å². The molecule has 98 valence electrons.